The fourth-order valence-corrected chi connectivity index (χ4v) is 2.28. The second-order valence-electron chi connectivity index (χ2n) is 5.04. The summed E-state index contributed by atoms with van der Waals surface area (Å²) in [6, 6.07) is 5.42. The molecular weight excluding hydrogens is 229 g/mol. The molecule has 1 unspecified atom stereocenters. The van der Waals surface area contributed by atoms with E-state index in [4.69, 9.17) is 4.74 Å². The van der Waals surface area contributed by atoms with Gasteiger partial charge in [0, 0.05) is 13.2 Å². The van der Waals surface area contributed by atoms with Crippen molar-refractivity contribution in [2.24, 2.45) is 0 Å². The standard InChI is InChI=1S/C15H22FNO/c1-12-5-6-13(10-15(12)16)11-17-8-7-14-4-2-3-9-18-14/h5-6,10,14,17H,2-4,7-9,11H2,1H3. The number of benzene rings is 1. The average molecular weight is 251 g/mol. The fraction of sp³-hybridized carbons (Fsp3) is 0.600. The normalized spacial score (nSPS) is 20.0. The van der Waals surface area contributed by atoms with E-state index in [1.54, 1.807) is 13.0 Å². The van der Waals surface area contributed by atoms with Gasteiger partial charge < -0.3 is 10.1 Å². The molecule has 1 aromatic rings. The molecular formula is C15H22FNO. The van der Waals surface area contributed by atoms with Crippen molar-refractivity contribution in [1.29, 1.82) is 0 Å². The highest BCUT2D eigenvalue weighted by Crippen LogP contribution is 2.15. The van der Waals surface area contributed by atoms with Gasteiger partial charge in [-0.05, 0) is 56.3 Å². The SMILES string of the molecule is Cc1ccc(CNCCC2CCCCO2)cc1F. The molecule has 3 heteroatoms. The summed E-state index contributed by atoms with van der Waals surface area (Å²) in [6.07, 6.45) is 5.14. The molecule has 0 radical (unpaired) electrons. The molecule has 0 spiro atoms. The van der Waals surface area contributed by atoms with Gasteiger partial charge in [0.15, 0.2) is 0 Å². The van der Waals surface area contributed by atoms with E-state index in [1.807, 2.05) is 12.1 Å². The molecule has 0 saturated carbocycles. The van der Waals surface area contributed by atoms with Crippen LogP contribution in [0.25, 0.3) is 0 Å². The molecule has 1 aromatic carbocycles. The number of ether oxygens (including phenoxy) is 1. The minimum Gasteiger partial charge on any atom is -0.378 e. The lowest BCUT2D eigenvalue weighted by Crippen LogP contribution is -2.25. The zero-order chi connectivity index (χ0) is 12.8. The van der Waals surface area contributed by atoms with Gasteiger partial charge in [0.2, 0.25) is 0 Å². The fourth-order valence-electron chi connectivity index (χ4n) is 2.28. The van der Waals surface area contributed by atoms with Crippen LogP contribution in [0.15, 0.2) is 18.2 Å². The third-order valence-electron chi connectivity index (χ3n) is 3.48. The molecule has 1 heterocycles. The van der Waals surface area contributed by atoms with Crippen LogP contribution in [-0.4, -0.2) is 19.3 Å². The molecule has 1 aliphatic heterocycles. The van der Waals surface area contributed by atoms with E-state index >= 15 is 0 Å². The average Bonchev–Trinajstić information content (AvgIpc) is 2.40. The van der Waals surface area contributed by atoms with Crippen LogP contribution in [-0.2, 0) is 11.3 Å². The van der Waals surface area contributed by atoms with Gasteiger partial charge in [-0.1, -0.05) is 12.1 Å². The summed E-state index contributed by atoms with van der Waals surface area (Å²) in [5.41, 5.74) is 1.71. The first-order chi connectivity index (χ1) is 8.75. The van der Waals surface area contributed by atoms with Gasteiger partial charge in [0.05, 0.1) is 6.10 Å². The molecule has 2 nitrogen and oxygen atoms in total. The van der Waals surface area contributed by atoms with E-state index in [1.165, 1.54) is 19.3 Å². The summed E-state index contributed by atoms with van der Waals surface area (Å²) in [6.45, 7) is 4.35. The van der Waals surface area contributed by atoms with Gasteiger partial charge in [0.1, 0.15) is 5.82 Å². The van der Waals surface area contributed by atoms with E-state index in [9.17, 15) is 4.39 Å². The summed E-state index contributed by atoms with van der Waals surface area (Å²) >= 11 is 0. The maximum atomic E-state index is 13.3. The molecule has 0 amide bonds. The maximum absolute atomic E-state index is 13.3. The number of halogens is 1. The van der Waals surface area contributed by atoms with Gasteiger partial charge in [-0.25, -0.2) is 4.39 Å². The van der Waals surface area contributed by atoms with Crippen LogP contribution < -0.4 is 5.32 Å². The second-order valence-corrected chi connectivity index (χ2v) is 5.04. The first kappa shape index (κ1) is 13.5. The largest absolute Gasteiger partial charge is 0.378 e. The Hall–Kier alpha value is -0.930. The topological polar surface area (TPSA) is 21.3 Å². The van der Waals surface area contributed by atoms with E-state index in [0.29, 0.717) is 11.7 Å². The molecule has 100 valence electrons. The quantitative estimate of drug-likeness (QED) is 0.812. The van der Waals surface area contributed by atoms with Gasteiger partial charge in [-0.2, -0.15) is 0 Å². The molecule has 1 saturated heterocycles. The van der Waals surface area contributed by atoms with Crippen LogP contribution >= 0.6 is 0 Å². The predicted molar refractivity (Wildman–Crippen MR) is 71.1 cm³/mol. The Morgan fingerprint density at radius 1 is 1.39 bits per heavy atom. The van der Waals surface area contributed by atoms with Crippen molar-refractivity contribution in [2.75, 3.05) is 13.2 Å². The molecule has 0 bridgehead atoms. The third-order valence-corrected chi connectivity index (χ3v) is 3.48. The monoisotopic (exact) mass is 251 g/mol. The molecule has 1 atom stereocenters. The second kappa shape index (κ2) is 6.86. The van der Waals surface area contributed by atoms with Crippen molar-refractivity contribution < 1.29 is 9.13 Å². The smallest absolute Gasteiger partial charge is 0.126 e. The van der Waals surface area contributed by atoms with Crippen molar-refractivity contribution in [3.05, 3.63) is 35.1 Å². The van der Waals surface area contributed by atoms with Crippen LogP contribution in [0.1, 0.15) is 36.8 Å². The minimum absolute atomic E-state index is 0.120. The van der Waals surface area contributed by atoms with Crippen LogP contribution in [0, 0.1) is 12.7 Å². The molecule has 1 fully saturated rings. The van der Waals surface area contributed by atoms with Crippen molar-refractivity contribution in [3.63, 3.8) is 0 Å². The van der Waals surface area contributed by atoms with Gasteiger partial charge in [0.25, 0.3) is 0 Å². The lowest BCUT2D eigenvalue weighted by molar-refractivity contribution is 0.0115. The molecule has 2 rings (SSSR count). The first-order valence-electron chi connectivity index (χ1n) is 6.83. The first-order valence-corrected chi connectivity index (χ1v) is 6.83. The van der Waals surface area contributed by atoms with Crippen molar-refractivity contribution >= 4 is 0 Å². The summed E-state index contributed by atoms with van der Waals surface area (Å²) in [7, 11) is 0. The lowest BCUT2D eigenvalue weighted by Gasteiger charge is -2.22. The van der Waals surface area contributed by atoms with E-state index in [2.05, 4.69) is 5.32 Å². The molecule has 18 heavy (non-hydrogen) atoms. The zero-order valence-corrected chi connectivity index (χ0v) is 11.0. The van der Waals surface area contributed by atoms with Crippen LogP contribution in [0.4, 0.5) is 4.39 Å². The Labute approximate surface area is 109 Å². The summed E-state index contributed by atoms with van der Waals surface area (Å²) in [4.78, 5) is 0. The zero-order valence-electron chi connectivity index (χ0n) is 11.0. The van der Waals surface area contributed by atoms with Crippen molar-refractivity contribution in [3.8, 4) is 0 Å². The highest BCUT2D eigenvalue weighted by Gasteiger charge is 2.12. The number of hydrogen-bond acceptors (Lipinski definition) is 2. The van der Waals surface area contributed by atoms with Crippen LogP contribution in [0.3, 0.4) is 0 Å². The van der Waals surface area contributed by atoms with Crippen LogP contribution in [0.5, 0.6) is 0 Å². The Balaban J connectivity index is 1.66. The highest BCUT2D eigenvalue weighted by atomic mass is 19.1. The Morgan fingerprint density at radius 3 is 3.00 bits per heavy atom. The molecule has 1 aliphatic rings. The lowest BCUT2D eigenvalue weighted by atomic mass is 10.1. The van der Waals surface area contributed by atoms with Crippen molar-refractivity contribution in [2.45, 2.75) is 45.3 Å². The number of rotatable bonds is 5. The Kier molecular flexibility index (Phi) is 5.14. The molecule has 1 N–H and O–H groups in total. The maximum Gasteiger partial charge on any atom is 0.126 e. The molecule has 0 aromatic heterocycles. The number of aryl methyl sites for hydroxylation is 1. The minimum atomic E-state index is -0.120. The highest BCUT2D eigenvalue weighted by molar-refractivity contribution is 5.23. The number of nitrogens with one attached hydrogen (secondary N) is 1. The Morgan fingerprint density at radius 2 is 2.28 bits per heavy atom. The summed E-state index contributed by atoms with van der Waals surface area (Å²) < 4.78 is 19.0. The number of hydrogen-bond donors (Lipinski definition) is 1. The van der Waals surface area contributed by atoms with E-state index in [0.717, 1.165) is 31.7 Å². The van der Waals surface area contributed by atoms with E-state index in [-0.39, 0.29) is 5.82 Å². The van der Waals surface area contributed by atoms with Crippen LogP contribution in [0.2, 0.25) is 0 Å². The Bertz CT molecular complexity index is 375. The van der Waals surface area contributed by atoms with E-state index < -0.39 is 0 Å². The van der Waals surface area contributed by atoms with Crippen molar-refractivity contribution in [1.82, 2.24) is 5.32 Å². The summed E-state index contributed by atoms with van der Waals surface area (Å²) in [5.74, 6) is -0.120. The van der Waals surface area contributed by atoms with Gasteiger partial charge in [-0.3, -0.25) is 0 Å². The molecule has 0 aliphatic carbocycles. The van der Waals surface area contributed by atoms with Gasteiger partial charge >= 0.3 is 0 Å². The predicted octanol–water partition coefficient (Wildman–Crippen LogP) is 3.18. The third kappa shape index (κ3) is 4.07. The summed E-state index contributed by atoms with van der Waals surface area (Å²) in [5, 5.41) is 3.35. The van der Waals surface area contributed by atoms with Gasteiger partial charge in [-0.15, -0.1) is 0 Å².